The first-order chi connectivity index (χ1) is 6.43. The summed E-state index contributed by atoms with van der Waals surface area (Å²) in [7, 11) is -4.18. The fourth-order valence-electron chi connectivity index (χ4n) is 0.936. The second-order valence-electron chi connectivity index (χ2n) is 2.53. The Hall–Kier alpha value is -0.590. The lowest BCUT2D eigenvalue weighted by atomic mass is 10.3. The van der Waals surface area contributed by atoms with E-state index in [-0.39, 0.29) is 4.90 Å². The van der Waals surface area contributed by atoms with E-state index in [9.17, 15) is 8.42 Å². The lowest BCUT2D eigenvalue weighted by molar-refractivity contribution is 0.339. The van der Waals surface area contributed by atoms with Crippen molar-refractivity contribution < 1.29 is 17.7 Å². The monoisotopic (exact) mass is 280 g/mol. The summed E-state index contributed by atoms with van der Waals surface area (Å²) in [6, 6.07) is 4.19. The van der Waals surface area contributed by atoms with Gasteiger partial charge in [-0.3, -0.25) is 4.55 Å². The molecule has 1 aromatic rings. The van der Waals surface area contributed by atoms with Gasteiger partial charge in [0.25, 0.3) is 10.1 Å². The van der Waals surface area contributed by atoms with Crippen LogP contribution in [0.15, 0.2) is 27.6 Å². The van der Waals surface area contributed by atoms with E-state index in [0.29, 0.717) is 16.8 Å². The molecule has 0 aromatic heterocycles. The van der Waals surface area contributed by atoms with E-state index in [1.165, 1.54) is 12.1 Å². The fraction of sp³-hybridized carbons (Fsp3) is 0.250. The first-order valence-corrected chi connectivity index (χ1v) is 6.07. The van der Waals surface area contributed by atoms with Crippen LogP contribution in [0, 0.1) is 0 Å². The number of rotatable bonds is 3. The summed E-state index contributed by atoms with van der Waals surface area (Å²) in [5.74, 6) is 0.398. The molecule has 0 spiro atoms. The van der Waals surface area contributed by atoms with Crippen LogP contribution >= 0.6 is 15.9 Å². The van der Waals surface area contributed by atoms with E-state index < -0.39 is 10.1 Å². The highest BCUT2D eigenvalue weighted by Gasteiger charge is 2.11. The van der Waals surface area contributed by atoms with Gasteiger partial charge in [0.05, 0.1) is 11.5 Å². The molecular formula is C8H9BrO4S. The van der Waals surface area contributed by atoms with Crippen molar-refractivity contribution in [2.24, 2.45) is 0 Å². The van der Waals surface area contributed by atoms with E-state index in [2.05, 4.69) is 15.9 Å². The Bertz CT molecular complexity index is 427. The van der Waals surface area contributed by atoms with Gasteiger partial charge in [-0.2, -0.15) is 8.42 Å². The second kappa shape index (κ2) is 4.29. The number of benzene rings is 1. The summed E-state index contributed by atoms with van der Waals surface area (Å²) in [6.07, 6.45) is 0. The number of hydrogen-bond donors (Lipinski definition) is 1. The molecule has 0 saturated heterocycles. The molecule has 0 aliphatic carbocycles. The van der Waals surface area contributed by atoms with Gasteiger partial charge in [-0.05, 0) is 19.1 Å². The van der Waals surface area contributed by atoms with Gasteiger partial charge in [0.2, 0.25) is 0 Å². The number of halogens is 1. The van der Waals surface area contributed by atoms with Crippen molar-refractivity contribution in [2.45, 2.75) is 11.8 Å². The first-order valence-electron chi connectivity index (χ1n) is 3.84. The van der Waals surface area contributed by atoms with Gasteiger partial charge in [0.1, 0.15) is 5.75 Å². The topological polar surface area (TPSA) is 63.6 Å². The maximum Gasteiger partial charge on any atom is 0.294 e. The normalized spacial score (nSPS) is 11.4. The van der Waals surface area contributed by atoms with Gasteiger partial charge in [-0.1, -0.05) is 15.9 Å². The van der Waals surface area contributed by atoms with Gasteiger partial charge >= 0.3 is 0 Å². The van der Waals surface area contributed by atoms with Crippen LogP contribution in [0.1, 0.15) is 6.92 Å². The molecular weight excluding hydrogens is 272 g/mol. The molecule has 14 heavy (non-hydrogen) atoms. The van der Waals surface area contributed by atoms with E-state index in [4.69, 9.17) is 9.29 Å². The zero-order valence-electron chi connectivity index (χ0n) is 7.40. The quantitative estimate of drug-likeness (QED) is 0.862. The van der Waals surface area contributed by atoms with Crippen LogP contribution in [0.2, 0.25) is 0 Å². The zero-order chi connectivity index (χ0) is 10.8. The lowest BCUT2D eigenvalue weighted by Crippen LogP contribution is -1.99. The summed E-state index contributed by atoms with van der Waals surface area (Å²) in [5, 5.41) is 0. The SMILES string of the molecule is CCOc1cc(Br)cc(S(=O)(=O)O)c1. The first kappa shape index (κ1) is 11.5. The number of hydrogen-bond acceptors (Lipinski definition) is 3. The average molecular weight is 281 g/mol. The predicted molar refractivity (Wildman–Crippen MR) is 55.1 cm³/mol. The van der Waals surface area contributed by atoms with Crippen LogP contribution in [0.5, 0.6) is 5.75 Å². The average Bonchev–Trinajstić information content (AvgIpc) is 2.02. The molecule has 1 N–H and O–H groups in total. The van der Waals surface area contributed by atoms with Gasteiger partial charge in [0, 0.05) is 10.5 Å². The maximum absolute atomic E-state index is 10.8. The van der Waals surface area contributed by atoms with Crippen LogP contribution in [0.25, 0.3) is 0 Å². The van der Waals surface area contributed by atoms with E-state index in [0.717, 1.165) is 0 Å². The highest BCUT2D eigenvalue weighted by molar-refractivity contribution is 9.10. The lowest BCUT2D eigenvalue weighted by Gasteiger charge is -2.05. The molecule has 1 rings (SSSR count). The van der Waals surface area contributed by atoms with Gasteiger partial charge in [-0.15, -0.1) is 0 Å². The molecule has 0 saturated carbocycles. The highest BCUT2D eigenvalue weighted by atomic mass is 79.9. The van der Waals surface area contributed by atoms with Crippen LogP contribution in [0.4, 0.5) is 0 Å². The molecule has 0 heterocycles. The van der Waals surface area contributed by atoms with Crippen molar-refractivity contribution in [3.8, 4) is 5.75 Å². The van der Waals surface area contributed by atoms with Crippen molar-refractivity contribution in [3.05, 3.63) is 22.7 Å². The Morgan fingerprint density at radius 2 is 2.07 bits per heavy atom. The minimum Gasteiger partial charge on any atom is -0.494 e. The molecule has 0 fully saturated rings. The molecule has 0 bridgehead atoms. The molecule has 0 atom stereocenters. The second-order valence-corrected chi connectivity index (χ2v) is 4.87. The zero-order valence-corrected chi connectivity index (χ0v) is 9.80. The van der Waals surface area contributed by atoms with Crippen molar-refractivity contribution in [1.82, 2.24) is 0 Å². The third kappa shape index (κ3) is 2.97. The summed E-state index contributed by atoms with van der Waals surface area (Å²) in [4.78, 5) is -0.185. The Kier molecular flexibility index (Phi) is 3.52. The minimum atomic E-state index is -4.18. The molecule has 78 valence electrons. The Labute approximate surface area is 90.8 Å². The van der Waals surface area contributed by atoms with E-state index in [1.54, 1.807) is 13.0 Å². The predicted octanol–water partition coefficient (Wildman–Crippen LogP) is 2.09. The summed E-state index contributed by atoms with van der Waals surface area (Å²) in [5.41, 5.74) is 0. The third-order valence-corrected chi connectivity index (χ3v) is 2.74. The van der Waals surface area contributed by atoms with Crippen LogP contribution < -0.4 is 4.74 Å². The largest absolute Gasteiger partial charge is 0.494 e. The fourth-order valence-corrected chi connectivity index (χ4v) is 2.10. The summed E-state index contributed by atoms with van der Waals surface area (Å²) in [6.45, 7) is 2.22. The number of ether oxygens (including phenoxy) is 1. The van der Waals surface area contributed by atoms with Crippen LogP contribution in [0.3, 0.4) is 0 Å². The van der Waals surface area contributed by atoms with Gasteiger partial charge < -0.3 is 4.74 Å². The molecule has 6 heteroatoms. The van der Waals surface area contributed by atoms with Crippen LogP contribution in [-0.4, -0.2) is 19.6 Å². The smallest absolute Gasteiger partial charge is 0.294 e. The van der Waals surface area contributed by atoms with Crippen molar-refractivity contribution in [3.63, 3.8) is 0 Å². The van der Waals surface area contributed by atoms with E-state index in [1.807, 2.05) is 0 Å². The standard InChI is InChI=1S/C8H9BrO4S/c1-2-13-7-3-6(9)4-8(5-7)14(10,11)12/h3-5H,2H2,1H3,(H,10,11,12). The summed E-state index contributed by atoms with van der Waals surface area (Å²) < 4.78 is 36.1. The Morgan fingerprint density at radius 3 is 2.57 bits per heavy atom. The Balaban J connectivity index is 3.21. The Morgan fingerprint density at radius 1 is 1.43 bits per heavy atom. The van der Waals surface area contributed by atoms with Crippen molar-refractivity contribution >= 4 is 26.0 Å². The minimum absolute atomic E-state index is 0.185. The van der Waals surface area contributed by atoms with Crippen molar-refractivity contribution in [1.29, 1.82) is 0 Å². The molecule has 0 radical (unpaired) electrons. The molecule has 1 aromatic carbocycles. The molecule has 0 aliphatic heterocycles. The summed E-state index contributed by atoms with van der Waals surface area (Å²) >= 11 is 3.12. The van der Waals surface area contributed by atoms with E-state index >= 15 is 0 Å². The molecule has 0 aliphatic rings. The van der Waals surface area contributed by atoms with Crippen LogP contribution in [-0.2, 0) is 10.1 Å². The molecule has 0 amide bonds. The van der Waals surface area contributed by atoms with Gasteiger partial charge in [0.15, 0.2) is 0 Å². The third-order valence-electron chi connectivity index (χ3n) is 1.45. The highest BCUT2D eigenvalue weighted by Crippen LogP contribution is 2.24. The van der Waals surface area contributed by atoms with Crippen molar-refractivity contribution in [2.75, 3.05) is 6.61 Å². The maximum atomic E-state index is 10.8. The van der Waals surface area contributed by atoms with Gasteiger partial charge in [-0.25, -0.2) is 0 Å². The molecule has 0 unspecified atom stereocenters. The molecule has 4 nitrogen and oxygen atoms in total.